The second-order valence-corrected chi connectivity index (χ2v) is 4.76. The van der Waals surface area contributed by atoms with Crippen LogP contribution in [-0.4, -0.2) is 40.5 Å². The van der Waals surface area contributed by atoms with E-state index in [1.807, 2.05) is 10.8 Å². The number of hydrogen-bond donors (Lipinski definition) is 2. The molecule has 5 nitrogen and oxygen atoms in total. The summed E-state index contributed by atoms with van der Waals surface area (Å²) in [5, 5.41) is 12.9. The van der Waals surface area contributed by atoms with Crippen LogP contribution >= 0.6 is 0 Å². The van der Waals surface area contributed by atoms with Crippen LogP contribution in [0, 0.1) is 5.82 Å². The maximum absolute atomic E-state index is 13.3. The number of imidazole rings is 1. The summed E-state index contributed by atoms with van der Waals surface area (Å²) in [5.74, 6) is -0.287. The van der Waals surface area contributed by atoms with Gasteiger partial charge < -0.3 is 19.7 Å². The second kappa shape index (κ2) is 8.51. The first kappa shape index (κ1) is 15.6. The first-order valence-corrected chi connectivity index (χ1v) is 6.91. The fraction of sp³-hybridized carbons (Fsp3) is 0.400. The van der Waals surface area contributed by atoms with Gasteiger partial charge in [0, 0.05) is 37.6 Å². The smallest absolute Gasteiger partial charge is 0.128 e. The monoisotopic (exact) mass is 293 g/mol. The molecule has 0 amide bonds. The highest BCUT2D eigenvalue weighted by atomic mass is 19.1. The molecule has 0 aliphatic carbocycles. The quantitative estimate of drug-likeness (QED) is 0.682. The van der Waals surface area contributed by atoms with Crippen LogP contribution in [0.25, 0.3) is 0 Å². The average Bonchev–Trinajstić information content (AvgIpc) is 2.99. The molecule has 1 unspecified atom stereocenters. The van der Waals surface area contributed by atoms with Crippen LogP contribution in [0.1, 0.15) is 5.56 Å². The number of rotatable bonds is 9. The van der Waals surface area contributed by atoms with Crippen LogP contribution in [0.5, 0.6) is 0 Å². The van der Waals surface area contributed by atoms with E-state index in [0.717, 1.165) is 13.1 Å². The molecule has 6 heteroatoms. The van der Waals surface area contributed by atoms with Gasteiger partial charge in [0.1, 0.15) is 5.82 Å². The van der Waals surface area contributed by atoms with Crippen molar-refractivity contribution < 1.29 is 14.2 Å². The number of nitrogens with one attached hydrogen (secondary N) is 1. The second-order valence-electron chi connectivity index (χ2n) is 4.76. The molecule has 0 bridgehead atoms. The summed E-state index contributed by atoms with van der Waals surface area (Å²) >= 11 is 0. The number of ether oxygens (including phenoxy) is 1. The van der Waals surface area contributed by atoms with Gasteiger partial charge in [-0.3, -0.25) is 0 Å². The molecule has 2 rings (SSSR count). The lowest BCUT2D eigenvalue weighted by atomic mass is 10.2. The van der Waals surface area contributed by atoms with Crippen molar-refractivity contribution in [2.45, 2.75) is 19.3 Å². The van der Waals surface area contributed by atoms with E-state index in [1.54, 1.807) is 30.7 Å². The minimum atomic E-state index is -0.612. The van der Waals surface area contributed by atoms with Gasteiger partial charge in [0.05, 0.1) is 25.6 Å². The molecule has 0 aliphatic rings. The zero-order valence-corrected chi connectivity index (χ0v) is 11.8. The largest absolute Gasteiger partial charge is 0.389 e. The Balaban J connectivity index is 1.55. The van der Waals surface area contributed by atoms with Gasteiger partial charge in [0.15, 0.2) is 0 Å². The van der Waals surface area contributed by atoms with Crippen molar-refractivity contribution in [2.75, 3.05) is 19.7 Å². The number of halogens is 1. The summed E-state index contributed by atoms with van der Waals surface area (Å²) in [4.78, 5) is 3.95. The first-order valence-electron chi connectivity index (χ1n) is 6.91. The Morgan fingerprint density at radius 1 is 1.38 bits per heavy atom. The van der Waals surface area contributed by atoms with Crippen molar-refractivity contribution in [2.24, 2.45) is 0 Å². The van der Waals surface area contributed by atoms with Crippen LogP contribution in [0.15, 0.2) is 43.0 Å². The minimum absolute atomic E-state index is 0.165. The van der Waals surface area contributed by atoms with Crippen molar-refractivity contribution in [3.05, 3.63) is 54.4 Å². The topological polar surface area (TPSA) is 59.3 Å². The molecular weight excluding hydrogens is 273 g/mol. The Hall–Kier alpha value is -1.76. The summed E-state index contributed by atoms with van der Waals surface area (Å²) in [5.41, 5.74) is 0.498. The Labute approximate surface area is 123 Å². The maximum atomic E-state index is 13.3. The predicted molar refractivity (Wildman–Crippen MR) is 77.2 cm³/mol. The third-order valence-electron chi connectivity index (χ3n) is 3.01. The molecule has 1 aromatic carbocycles. The van der Waals surface area contributed by atoms with Gasteiger partial charge in [0.2, 0.25) is 0 Å². The normalized spacial score (nSPS) is 12.5. The third-order valence-corrected chi connectivity index (χ3v) is 3.01. The Morgan fingerprint density at radius 3 is 3.00 bits per heavy atom. The van der Waals surface area contributed by atoms with E-state index in [1.165, 1.54) is 6.07 Å². The van der Waals surface area contributed by atoms with E-state index < -0.39 is 6.10 Å². The van der Waals surface area contributed by atoms with Crippen LogP contribution in [0.3, 0.4) is 0 Å². The lowest BCUT2D eigenvalue weighted by molar-refractivity contribution is 0.0279. The zero-order valence-electron chi connectivity index (χ0n) is 11.8. The van der Waals surface area contributed by atoms with E-state index in [-0.39, 0.29) is 19.0 Å². The van der Waals surface area contributed by atoms with Crippen LogP contribution in [-0.2, 0) is 17.9 Å². The molecule has 2 N–H and O–H groups in total. The lowest BCUT2D eigenvalue weighted by Gasteiger charge is -2.13. The van der Waals surface area contributed by atoms with Gasteiger partial charge >= 0.3 is 0 Å². The van der Waals surface area contributed by atoms with E-state index in [0.29, 0.717) is 12.1 Å². The highest BCUT2D eigenvalue weighted by Gasteiger charge is 2.05. The fourth-order valence-electron chi connectivity index (χ4n) is 1.88. The Morgan fingerprint density at radius 2 is 2.24 bits per heavy atom. The number of nitrogens with zero attached hydrogens (tertiary/aromatic N) is 2. The van der Waals surface area contributed by atoms with Crippen LogP contribution in [0.4, 0.5) is 4.39 Å². The highest BCUT2D eigenvalue weighted by molar-refractivity contribution is 5.16. The molecule has 2 aromatic rings. The van der Waals surface area contributed by atoms with E-state index in [2.05, 4.69) is 10.3 Å². The predicted octanol–water partition coefficient (Wildman–Crippen LogP) is 1.19. The first-order chi connectivity index (χ1) is 10.3. The Bertz CT molecular complexity index is 519. The number of aliphatic hydroxyl groups is 1. The molecule has 1 heterocycles. The molecule has 0 aliphatic heterocycles. The highest BCUT2D eigenvalue weighted by Crippen LogP contribution is 2.07. The van der Waals surface area contributed by atoms with Gasteiger partial charge in [-0.05, 0) is 6.07 Å². The van der Waals surface area contributed by atoms with Gasteiger partial charge in [-0.25, -0.2) is 9.37 Å². The number of benzene rings is 1. The van der Waals surface area contributed by atoms with E-state index in [4.69, 9.17) is 4.74 Å². The SMILES string of the molecule is OC(CNCCn1ccnc1)COCc1ccccc1F. The summed E-state index contributed by atoms with van der Waals surface area (Å²) in [6.45, 7) is 2.31. The third kappa shape index (κ3) is 5.63. The number of hydrogen-bond acceptors (Lipinski definition) is 4. The number of aromatic nitrogens is 2. The molecule has 114 valence electrons. The van der Waals surface area contributed by atoms with Crippen molar-refractivity contribution in [1.29, 1.82) is 0 Å². The fourth-order valence-corrected chi connectivity index (χ4v) is 1.88. The van der Waals surface area contributed by atoms with Crippen LogP contribution < -0.4 is 5.32 Å². The summed E-state index contributed by atoms with van der Waals surface area (Å²) in [6, 6.07) is 6.46. The van der Waals surface area contributed by atoms with Crippen molar-refractivity contribution >= 4 is 0 Å². The molecule has 0 saturated carbocycles. The molecule has 1 aromatic heterocycles. The van der Waals surface area contributed by atoms with Crippen LogP contribution in [0.2, 0.25) is 0 Å². The van der Waals surface area contributed by atoms with E-state index in [9.17, 15) is 9.50 Å². The molecule has 21 heavy (non-hydrogen) atoms. The molecule has 0 fully saturated rings. The van der Waals surface area contributed by atoms with Crippen molar-refractivity contribution in [1.82, 2.24) is 14.9 Å². The van der Waals surface area contributed by atoms with Crippen molar-refractivity contribution in [3.63, 3.8) is 0 Å². The molecule has 0 saturated heterocycles. The average molecular weight is 293 g/mol. The van der Waals surface area contributed by atoms with Gasteiger partial charge in [-0.2, -0.15) is 0 Å². The lowest BCUT2D eigenvalue weighted by Crippen LogP contribution is -2.32. The molecule has 1 atom stereocenters. The Kier molecular flexibility index (Phi) is 6.33. The molecular formula is C15H20FN3O2. The zero-order chi connectivity index (χ0) is 14.9. The molecule has 0 radical (unpaired) electrons. The summed E-state index contributed by atoms with van der Waals surface area (Å²) in [7, 11) is 0. The number of aliphatic hydroxyl groups excluding tert-OH is 1. The summed E-state index contributed by atoms with van der Waals surface area (Å²) < 4.78 is 20.6. The van der Waals surface area contributed by atoms with E-state index >= 15 is 0 Å². The van der Waals surface area contributed by atoms with Gasteiger partial charge in [0.25, 0.3) is 0 Å². The standard InChI is InChI=1S/C15H20FN3O2/c16-15-4-2-1-3-13(15)10-21-11-14(20)9-17-5-7-19-8-6-18-12-19/h1-4,6,8,12,14,17,20H,5,7,9-11H2. The van der Waals surface area contributed by atoms with Gasteiger partial charge in [-0.1, -0.05) is 18.2 Å². The maximum Gasteiger partial charge on any atom is 0.128 e. The van der Waals surface area contributed by atoms with Gasteiger partial charge in [-0.15, -0.1) is 0 Å². The van der Waals surface area contributed by atoms with Crippen molar-refractivity contribution in [3.8, 4) is 0 Å². The minimum Gasteiger partial charge on any atom is -0.389 e. The molecule has 0 spiro atoms. The summed E-state index contributed by atoms with van der Waals surface area (Å²) in [6.07, 6.45) is 4.75.